The van der Waals surface area contributed by atoms with Crippen molar-refractivity contribution in [2.24, 2.45) is 0 Å². The van der Waals surface area contributed by atoms with Crippen LogP contribution in [0.4, 0.5) is 0 Å². The van der Waals surface area contributed by atoms with E-state index in [2.05, 4.69) is 0 Å². The summed E-state index contributed by atoms with van der Waals surface area (Å²) in [6.45, 7) is 0. The van der Waals surface area contributed by atoms with Gasteiger partial charge in [-0.3, -0.25) is 0 Å². The minimum Gasteiger partial charge on any atom is -0.507 e. The normalized spacial score (nSPS) is 9.55. The maximum atomic E-state index is 10.1. The summed E-state index contributed by atoms with van der Waals surface area (Å²) < 4.78 is 0.803. The fraction of sp³-hybridized carbons (Fsp3) is 0.125. The summed E-state index contributed by atoms with van der Waals surface area (Å²) in [6.07, 6.45) is 1.19. The molecule has 0 atom stereocenters. The zero-order chi connectivity index (χ0) is 8.27. The molecule has 0 aromatic heterocycles. The second-order valence-corrected chi connectivity index (χ2v) is 3.32. The molecule has 0 amide bonds. The molecule has 1 rings (SSSR count). The largest absolute Gasteiger partial charge is 0.507 e. The van der Waals surface area contributed by atoms with Crippen molar-refractivity contribution in [3.8, 4) is 5.75 Å². The van der Waals surface area contributed by atoms with Crippen LogP contribution in [0.25, 0.3) is 0 Å². The molecule has 0 fully saturated rings. The first-order valence-electron chi connectivity index (χ1n) is 3.15. The van der Waals surface area contributed by atoms with Crippen LogP contribution in [0, 0.1) is 3.57 Å². The van der Waals surface area contributed by atoms with E-state index >= 15 is 0 Å². The van der Waals surface area contributed by atoms with Gasteiger partial charge in [-0.1, -0.05) is 6.07 Å². The van der Waals surface area contributed by atoms with Crippen molar-refractivity contribution in [3.63, 3.8) is 0 Å². The van der Waals surface area contributed by atoms with Gasteiger partial charge in [0.15, 0.2) is 0 Å². The Balaban J connectivity index is 2.95. The van der Waals surface area contributed by atoms with Crippen LogP contribution >= 0.6 is 22.6 Å². The number of aldehydes is 1. The molecule has 2 nitrogen and oxygen atoms in total. The lowest BCUT2D eigenvalue weighted by Crippen LogP contribution is -1.85. The van der Waals surface area contributed by atoms with E-state index in [1.165, 1.54) is 0 Å². The highest BCUT2D eigenvalue weighted by atomic mass is 127. The van der Waals surface area contributed by atoms with Crippen LogP contribution in [0.15, 0.2) is 18.2 Å². The third-order valence-electron chi connectivity index (χ3n) is 1.33. The van der Waals surface area contributed by atoms with Gasteiger partial charge >= 0.3 is 0 Å². The topological polar surface area (TPSA) is 37.3 Å². The Hall–Kier alpha value is -0.580. The number of hydrogen-bond acceptors (Lipinski definition) is 2. The summed E-state index contributed by atoms with van der Waals surface area (Å²) in [6, 6.07) is 5.22. The van der Waals surface area contributed by atoms with Crippen LogP contribution in [-0.4, -0.2) is 11.4 Å². The SMILES string of the molecule is O=CCc1ccc(I)c(O)c1. The first kappa shape index (κ1) is 8.52. The zero-order valence-corrected chi connectivity index (χ0v) is 7.91. The number of aromatic hydroxyl groups is 1. The number of rotatable bonds is 2. The Morgan fingerprint density at radius 2 is 2.27 bits per heavy atom. The minimum atomic E-state index is 0.241. The Kier molecular flexibility index (Phi) is 2.87. The van der Waals surface area contributed by atoms with Gasteiger partial charge in [0.05, 0.1) is 3.57 Å². The maximum Gasteiger partial charge on any atom is 0.129 e. The number of benzene rings is 1. The summed E-state index contributed by atoms with van der Waals surface area (Å²) >= 11 is 2.03. The lowest BCUT2D eigenvalue weighted by atomic mass is 10.2. The first-order chi connectivity index (χ1) is 5.24. The second kappa shape index (κ2) is 3.71. The maximum absolute atomic E-state index is 10.1. The molecule has 0 aliphatic carbocycles. The van der Waals surface area contributed by atoms with Crippen LogP contribution < -0.4 is 0 Å². The smallest absolute Gasteiger partial charge is 0.129 e. The second-order valence-electron chi connectivity index (χ2n) is 2.16. The average Bonchev–Trinajstić information content (AvgIpc) is 1.98. The predicted molar refractivity (Wildman–Crippen MR) is 50.6 cm³/mol. The average molecular weight is 262 g/mol. The van der Waals surface area contributed by atoms with Gasteiger partial charge in [-0.25, -0.2) is 0 Å². The highest BCUT2D eigenvalue weighted by Gasteiger charge is 1.97. The predicted octanol–water partition coefficient (Wildman–Crippen LogP) is 1.74. The van der Waals surface area contributed by atoms with Crippen molar-refractivity contribution >= 4 is 28.9 Å². The molecule has 3 heteroatoms. The molecule has 1 aromatic rings. The van der Waals surface area contributed by atoms with Crippen molar-refractivity contribution in [2.45, 2.75) is 6.42 Å². The van der Waals surface area contributed by atoms with Crippen molar-refractivity contribution < 1.29 is 9.90 Å². The molecule has 1 N–H and O–H groups in total. The van der Waals surface area contributed by atoms with E-state index in [4.69, 9.17) is 0 Å². The molecule has 0 aliphatic rings. The van der Waals surface area contributed by atoms with Crippen LogP contribution in [0.2, 0.25) is 0 Å². The van der Waals surface area contributed by atoms with E-state index in [1.807, 2.05) is 28.7 Å². The Bertz CT molecular complexity index is 271. The van der Waals surface area contributed by atoms with Crippen molar-refractivity contribution in [1.82, 2.24) is 0 Å². The van der Waals surface area contributed by atoms with Gasteiger partial charge in [0.25, 0.3) is 0 Å². The third-order valence-corrected chi connectivity index (χ3v) is 2.24. The zero-order valence-electron chi connectivity index (χ0n) is 5.75. The molecule has 1 aromatic carbocycles. The molecular weight excluding hydrogens is 255 g/mol. The highest BCUT2D eigenvalue weighted by molar-refractivity contribution is 14.1. The van der Waals surface area contributed by atoms with Crippen molar-refractivity contribution in [1.29, 1.82) is 0 Å². The van der Waals surface area contributed by atoms with E-state index in [-0.39, 0.29) is 5.75 Å². The molecule has 0 heterocycles. The van der Waals surface area contributed by atoms with Gasteiger partial charge in [0, 0.05) is 6.42 Å². The summed E-state index contributed by atoms with van der Waals surface area (Å²) in [7, 11) is 0. The van der Waals surface area contributed by atoms with E-state index in [9.17, 15) is 9.90 Å². The molecule has 0 aliphatic heterocycles. The molecule has 0 spiro atoms. The van der Waals surface area contributed by atoms with Gasteiger partial charge in [-0.05, 0) is 40.3 Å². The number of halogens is 1. The van der Waals surface area contributed by atoms with Gasteiger partial charge in [0.1, 0.15) is 12.0 Å². The number of phenols is 1. The fourth-order valence-corrected chi connectivity index (χ4v) is 1.12. The number of carbonyl (C=O) groups is 1. The lowest BCUT2D eigenvalue weighted by Gasteiger charge is -1.98. The molecule has 0 radical (unpaired) electrons. The quantitative estimate of drug-likeness (QED) is 0.651. The van der Waals surface area contributed by atoms with Gasteiger partial charge in [0.2, 0.25) is 0 Å². The molecule has 0 saturated heterocycles. The van der Waals surface area contributed by atoms with Gasteiger partial charge < -0.3 is 9.90 Å². The summed E-state index contributed by atoms with van der Waals surface area (Å²) in [4.78, 5) is 10.1. The van der Waals surface area contributed by atoms with Crippen LogP contribution in [0.1, 0.15) is 5.56 Å². The summed E-state index contributed by atoms with van der Waals surface area (Å²) in [5, 5.41) is 9.20. The Labute approximate surface area is 78.4 Å². The molecule has 58 valence electrons. The highest BCUT2D eigenvalue weighted by Crippen LogP contribution is 2.20. The molecular formula is C8H7IO2. The number of hydrogen-bond donors (Lipinski definition) is 1. The number of phenolic OH excluding ortho intramolecular Hbond substituents is 1. The summed E-state index contributed by atoms with van der Waals surface area (Å²) in [5.74, 6) is 0.241. The lowest BCUT2D eigenvalue weighted by molar-refractivity contribution is -0.107. The first-order valence-corrected chi connectivity index (χ1v) is 4.23. The third kappa shape index (κ3) is 2.18. The Morgan fingerprint density at radius 3 is 2.82 bits per heavy atom. The van der Waals surface area contributed by atoms with Crippen molar-refractivity contribution in [3.05, 3.63) is 27.3 Å². The monoisotopic (exact) mass is 262 g/mol. The van der Waals surface area contributed by atoms with E-state index in [0.717, 1.165) is 15.4 Å². The molecule has 0 unspecified atom stereocenters. The molecule has 0 saturated carbocycles. The van der Waals surface area contributed by atoms with Gasteiger partial charge in [-0.15, -0.1) is 0 Å². The standard InChI is InChI=1S/C8H7IO2/c9-7-2-1-6(3-4-10)5-8(7)11/h1-2,4-5,11H,3H2. The van der Waals surface area contributed by atoms with E-state index in [0.29, 0.717) is 6.42 Å². The molecule has 0 bridgehead atoms. The Morgan fingerprint density at radius 1 is 1.55 bits per heavy atom. The minimum absolute atomic E-state index is 0.241. The van der Waals surface area contributed by atoms with Crippen LogP contribution in [-0.2, 0) is 11.2 Å². The van der Waals surface area contributed by atoms with Crippen LogP contribution in [0.3, 0.4) is 0 Å². The fourth-order valence-electron chi connectivity index (χ4n) is 0.781. The van der Waals surface area contributed by atoms with Crippen LogP contribution in [0.5, 0.6) is 5.75 Å². The van der Waals surface area contributed by atoms with E-state index < -0.39 is 0 Å². The van der Waals surface area contributed by atoms with E-state index in [1.54, 1.807) is 12.1 Å². The number of carbonyl (C=O) groups excluding carboxylic acids is 1. The van der Waals surface area contributed by atoms with Gasteiger partial charge in [-0.2, -0.15) is 0 Å². The van der Waals surface area contributed by atoms with Crippen molar-refractivity contribution in [2.75, 3.05) is 0 Å². The summed E-state index contributed by atoms with van der Waals surface area (Å²) in [5.41, 5.74) is 0.845. The molecule has 11 heavy (non-hydrogen) atoms.